The van der Waals surface area contributed by atoms with Crippen molar-refractivity contribution in [2.24, 2.45) is 5.73 Å². The lowest BCUT2D eigenvalue weighted by Crippen LogP contribution is -2.05. The highest BCUT2D eigenvalue weighted by Gasteiger charge is 2.09. The van der Waals surface area contributed by atoms with Gasteiger partial charge in [-0.25, -0.2) is 0 Å². The second kappa shape index (κ2) is 4.80. The number of aryl methyl sites for hydroxylation is 1. The molecule has 1 heterocycles. The summed E-state index contributed by atoms with van der Waals surface area (Å²) in [4.78, 5) is 3.38. The Kier molecular flexibility index (Phi) is 3.38. The van der Waals surface area contributed by atoms with Crippen LogP contribution in [0.15, 0.2) is 18.2 Å². The van der Waals surface area contributed by atoms with Gasteiger partial charge in [0, 0.05) is 16.6 Å². The molecule has 0 bridgehead atoms. The van der Waals surface area contributed by atoms with Crippen LogP contribution in [0.5, 0.6) is 5.75 Å². The molecule has 3 heteroatoms. The van der Waals surface area contributed by atoms with Gasteiger partial charge in [0.1, 0.15) is 5.75 Å². The van der Waals surface area contributed by atoms with E-state index in [1.807, 2.05) is 19.9 Å². The Morgan fingerprint density at radius 2 is 2.12 bits per heavy atom. The van der Waals surface area contributed by atoms with Crippen LogP contribution in [0.3, 0.4) is 0 Å². The number of aromatic nitrogens is 1. The normalized spacial score (nSPS) is 11.4. The smallest absolute Gasteiger partial charge is 0.120 e. The van der Waals surface area contributed by atoms with Gasteiger partial charge in [-0.05, 0) is 57.5 Å². The summed E-state index contributed by atoms with van der Waals surface area (Å²) in [7, 11) is 0. The van der Waals surface area contributed by atoms with E-state index in [4.69, 9.17) is 10.5 Å². The molecule has 0 amide bonds. The molecule has 0 aliphatic rings. The first-order chi connectivity index (χ1) is 8.11. The summed E-state index contributed by atoms with van der Waals surface area (Å²) in [6.45, 7) is 6.83. The zero-order valence-corrected chi connectivity index (χ0v) is 10.7. The average Bonchev–Trinajstić information content (AvgIpc) is 2.55. The Bertz CT molecular complexity index is 514. The molecular formula is C14H20N2O. The molecule has 0 spiro atoms. The van der Waals surface area contributed by atoms with E-state index in [1.54, 1.807) is 0 Å². The Hall–Kier alpha value is -1.48. The highest BCUT2D eigenvalue weighted by Crippen LogP contribution is 2.27. The zero-order chi connectivity index (χ0) is 12.4. The molecule has 2 aromatic rings. The molecule has 1 aromatic heterocycles. The predicted molar refractivity (Wildman–Crippen MR) is 71.6 cm³/mol. The van der Waals surface area contributed by atoms with Crippen LogP contribution in [-0.2, 0) is 6.42 Å². The second-order valence-electron chi connectivity index (χ2n) is 4.64. The minimum Gasteiger partial charge on any atom is -0.491 e. The fourth-order valence-corrected chi connectivity index (χ4v) is 2.17. The highest BCUT2D eigenvalue weighted by molar-refractivity contribution is 5.86. The van der Waals surface area contributed by atoms with Gasteiger partial charge in [-0.15, -0.1) is 0 Å². The van der Waals surface area contributed by atoms with Gasteiger partial charge in [0.15, 0.2) is 0 Å². The van der Waals surface area contributed by atoms with E-state index in [0.29, 0.717) is 6.54 Å². The minimum atomic E-state index is 0.199. The van der Waals surface area contributed by atoms with Crippen LogP contribution in [0.25, 0.3) is 10.9 Å². The van der Waals surface area contributed by atoms with Crippen molar-refractivity contribution in [1.29, 1.82) is 0 Å². The van der Waals surface area contributed by atoms with Crippen molar-refractivity contribution >= 4 is 10.9 Å². The van der Waals surface area contributed by atoms with Crippen molar-refractivity contribution < 1.29 is 4.74 Å². The molecule has 17 heavy (non-hydrogen) atoms. The number of hydrogen-bond donors (Lipinski definition) is 2. The lowest BCUT2D eigenvalue weighted by atomic mass is 10.1. The molecule has 0 radical (unpaired) electrons. The largest absolute Gasteiger partial charge is 0.491 e. The topological polar surface area (TPSA) is 51.0 Å². The average molecular weight is 232 g/mol. The van der Waals surface area contributed by atoms with Crippen molar-refractivity contribution in [3.8, 4) is 5.75 Å². The minimum absolute atomic E-state index is 0.199. The molecule has 3 nitrogen and oxygen atoms in total. The Balaban J connectivity index is 2.46. The van der Waals surface area contributed by atoms with E-state index < -0.39 is 0 Å². The predicted octanol–water partition coefficient (Wildman–Crippen LogP) is 2.76. The number of fused-ring (bicyclic) bond motifs is 1. The van der Waals surface area contributed by atoms with E-state index in [0.717, 1.165) is 17.7 Å². The number of hydrogen-bond acceptors (Lipinski definition) is 2. The molecule has 0 aliphatic heterocycles. The molecule has 0 atom stereocenters. The number of nitrogens with one attached hydrogen (secondary N) is 1. The van der Waals surface area contributed by atoms with Crippen molar-refractivity contribution in [2.75, 3.05) is 6.54 Å². The Labute approximate surface area is 102 Å². The summed E-state index contributed by atoms with van der Waals surface area (Å²) in [5.74, 6) is 0.921. The summed E-state index contributed by atoms with van der Waals surface area (Å²) in [5.41, 5.74) is 9.31. The van der Waals surface area contributed by atoms with Crippen molar-refractivity contribution in [1.82, 2.24) is 4.98 Å². The first kappa shape index (κ1) is 12.0. The molecular weight excluding hydrogens is 212 g/mol. The quantitative estimate of drug-likeness (QED) is 0.851. The number of nitrogens with two attached hydrogens (primary N) is 1. The first-order valence-electron chi connectivity index (χ1n) is 6.09. The fraction of sp³-hybridized carbons (Fsp3) is 0.429. The number of ether oxygens (including phenoxy) is 1. The van der Waals surface area contributed by atoms with Gasteiger partial charge in [0.25, 0.3) is 0 Å². The van der Waals surface area contributed by atoms with Gasteiger partial charge in [-0.2, -0.15) is 0 Å². The fourth-order valence-electron chi connectivity index (χ4n) is 2.17. The zero-order valence-electron chi connectivity index (χ0n) is 10.7. The highest BCUT2D eigenvalue weighted by atomic mass is 16.5. The van der Waals surface area contributed by atoms with Crippen LogP contribution >= 0.6 is 0 Å². The number of aromatic amines is 1. The standard InChI is InChI=1S/C14H20N2O/c1-9(2)17-11-4-5-14-13(8-11)12(6-7-15)10(3)16-14/h4-5,8-9,16H,6-7,15H2,1-3H3. The lowest BCUT2D eigenvalue weighted by molar-refractivity contribution is 0.243. The summed E-state index contributed by atoms with van der Waals surface area (Å²) in [6.07, 6.45) is 1.10. The molecule has 0 unspecified atom stereocenters. The van der Waals surface area contributed by atoms with Gasteiger partial charge < -0.3 is 15.5 Å². The van der Waals surface area contributed by atoms with Gasteiger partial charge in [-0.1, -0.05) is 0 Å². The van der Waals surface area contributed by atoms with E-state index in [2.05, 4.69) is 24.0 Å². The van der Waals surface area contributed by atoms with Crippen LogP contribution in [0, 0.1) is 6.92 Å². The molecule has 3 N–H and O–H groups in total. The van der Waals surface area contributed by atoms with Crippen molar-refractivity contribution in [3.63, 3.8) is 0 Å². The third-order valence-corrected chi connectivity index (χ3v) is 2.86. The van der Waals surface area contributed by atoms with Gasteiger partial charge in [0.2, 0.25) is 0 Å². The lowest BCUT2D eigenvalue weighted by Gasteiger charge is -2.09. The maximum absolute atomic E-state index is 5.72. The first-order valence-corrected chi connectivity index (χ1v) is 6.09. The molecule has 0 saturated heterocycles. The van der Waals surface area contributed by atoms with E-state index in [-0.39, 0.29) is 6.10 Å². The molecule has 0 saturated carbocycles. The third kappa shape index (κ3) is 2.44. The SMILES string of the molecule is Cc1[nH]c2ccc(OC(C)C)cc2c1CCN. The number of benzene rings is 1. The van der Waals surface area contributed by atoms with Crippen molar-refractivity contribution in [2.45, 2.75) is 33.3 Å². The molecule has 1 aromatic carbocycles. The Morgan fingerprint density at radius 1 is 1.35 bits per heavy atom. The molecule has 92 valence electrons. The van der Waals surface area contributed by atoms with E-state index in [9.17, 15) is 0 Å². The Morgan fingerprint density at radius 3 is 2.76 bits per heavy atom. The van der Waals surface area contributed by atoms with Crippen LogP contribution in [0.1, 0.15) is 25.1 Å². The molecule has 0 fully saturated rings. The second-order valence-corrected chi connectivity index (χ2v) is 4.64. The molecule has 0 aliphatic carbocycles. The van der Waals surface area contributed by atoms with Crippen LogP contribution < -0.4 is 10.5 Å². The summed E-state index contributed by atoms with van der Waals surface area (Å²) < 4.78 is 5.72. The monoisotopic (exact) mass is 232 g/mol. The maximum atomic E-state index is 5.72. The number of H-pyrrole nitrogens is 1. The van der Waals surface area contributed by atoms with Gasteiger partial charge in [-0.3, -0.25) is 0 Å². The maximum Gasteiger partial charge on any atom is 0.120 e. The van der Waals surface area contributed by atoms with E-state index >= 15 is 0 Å². The van der Waals surface area contributed by atoms with Gasteiger partial charge in [0.05, 0.1) is 6.10 Å². The third-order valence-electron chi connectivity index (χ3n) is 2.86. The summed E-state index contributed by atoms with van der Waals surface area (Å²) in [6, 6.07) is 6.17. The van der Waals surface area contributed by atoms with Gasteiger partial charge >= 0.3 is 0 Å². The van der Waals surface area contributed by atoms with Crippen LogP contribution in [0.2, 0.25) is 0 Å². The van der Waals surface area contributed by atoms with Crippen LogP contribution in [-0.4, -0.2) is 17.6 Å². The summed E-state index contributed by atoms with van der Waals surface area (Å²) in [5, 5.41) is 1.23. The number of rotatable bonds is 4. The molecule has 2 rings (SSSR count). The van der Waals surface area contributed by atoms with Crippen molar-refractivity contribution in [3.05, 3.63) is 29.5 Å². The summed E-state index contributed by atoms with van der Waals surface area (Å²) >= 11 is 0. The van der Waals surface area contributed by atoms with E-state index in [1.165, 1.54) is 16.6 Å². The van der Waals surface area contributed by atoms with Crippen LogP contribution in [0.4, 0.5) is 0 Å².